The van der Waals surface area contributed by atoms with Crippen LogP contribution in [0, 0.1) is 0 Å². The summed E-state index contributed by atoms with van der Waals surface area (Å²) in [4.78, 5) is 16.1. The molecule has 116 valence electrons. The maximum atomic E-state index is 11.5. The van der Waals surface area contributed by atoms with Crippen molar-refractivity contribution in [3.05, 3.63) is 58.6 Å². The molecule has 0 fully saturated rings. The molecule has 0 atom stereocenters. The molecule has 23 heavy (non-hydrogen) atoms. The van der Waals surface area contributed by atoms with Gasteiger partial charge in [0, 0.05) is 12.6 Å². The van der Waals surface area contributed by atoms with Crippen molar-refractivity contribution in [2.45, 2.75) is 0 Å². The molecule has 1 aromatic heterocycles. The summed E-state index contributed by atoms with van der Waals surface area (Å²) in [7, 11) is 3.28. The van der Waals surface area contributed by atoms with Crippen LogP contribution >= 0.6 is 11.3 Å². The number of carbonyl (C=O) groups excluding carboxylic acids is 1. The van der Waals surface area contributed by atoms with Crippen LogP contribution in [0.5, 0.6) is 5.75 Å². The summed E-state index contributed by atoms with van der Waals surface area (Å²) < 4.78 is 6.33. The summed E-state index contributed by atoms with van der Waals surface area (Å²) in [6.07, 6.45) is 3.97. The van der Waals surface area contributed by atoms with E-state index >= 15 is 0 Å². The van der Waals surface area contributed by atoms with Crippen molar-refractivity contribution in [3.8, 4) is 5.75 Å². The van der Waals surface area contributed by atoms with Gasteiger partial charge in [-0.2, -0.15) is 0 Å². The number of fused-ring (bicyclic) bond motifs is 1. The topological polar surface area (TPSA) is 51.2 Å². The Hall–Kier alpha value is -2.66. The van der Waals surface area contributed by atoms with E-state index in [0.717, 1.165) is 26.5 Å². The Bertz CT molecular complexity index is 866. The predicted molar refractivity (Wildman–Crippen MR) is 94.9 cm³/mol. The quantitative estimate of drug-likeness (QED) is 0.793. The highest BCUT2D eigenvalue weighted by molar-refractivity contribution is 7.19. The van der Waals surface area contributed by atoms with Gasteiger partial charge in [0.25, 0.3) is 5.91 Å². The van der Waals surface area contributed by atoms with Crippen LogP contribution in [0.15, 0.2) is 42.5 Å². The molecular formula is C18H16N2O2S. The van der Waals surface area contributed by atoms with Crippen LogP contribution in [0.2, 0.25) is 0 Å². The number of hydrogen-bond acceptors (Lipinski definition) is 4. The van der Waals surface area contributed by atoms with Gasteiger partial charge in [0.05, 0.1) is 17.3 Å². The average molecular weight is 324 g/mol. The number of carbonyl (C=O) groups is 1. The Labute approximate surface area is 138 Å². The molecule has 0 saturated carbocycles. The van der Waals surface area contributed by atoms with Gasteiger partial charge < -0.3 is 10.1 Å². The molecule has 5 heteroatoms. The molecule has 2 aromatic carbocycles. The number of nitrogens with one attached hydrogen (secondary N) is 1. The molecule has 0 unspecified atom stereocenters. The molecule has 0 radical (unpaired) electrons. The molecule has 0 bridgehead atoms. The van der Waals surface area contributed by atoms with Crippen LogP contribution in [0.4, 0.5) is 0 Å². The number of methoxy groups -OCH3 is 1. The third-order valence-corrected chi connectivity index (χ3v) is 4.41. The van der Waals surface area contributed by atoms with Crippen molar-refractivity contribution < 1.29 is 9.53 Å². The van der Waals surface area contributed by atoms with Crippen molar-refractivity contribution in [3.63, 3.8) is 0 Å². The fraction of sp³-hybridized carbons (Fsp3) is 0.111. The van der Waals surface area contributed by atoms with Crippen LogP contribution in [0.25, 0.3) is 22.4 Å². The van der Waals surface area contributed by atoms with E-state index in [4.69, 9.17) is 4.74 Å². The largest absolute Gasteiger partial charge is 0.497 e. The minimum absolute atomic E-state index is 0.0827. The molecule has 3 rings (SSSR count). The highest BCUT2D eigenvalue weighted by Crippen LogP contribution is 2.27. The molecule has 1 amide bonds. The van der Waals surface area contributed by atoms with Crippen LogP contribution < -0.4 is 10.1 Å². The third-order valence-electron chi connectivity index (χ3n) is 3.43. The van der Waals surface area contributed by atoms with E-state index in [1.54, 1.807) is 25.5 Å². The van der Waals surface area contributed by atoms with Crippen LogP contribution in [-0.2, 0) is 0 Å². The van der Waals surface area contributed by atoms with E-state index in [-0.39, 0.29) is 5.91 Å². The summed E-state index contributed by atoms with van der Waals surface area (Å²) in [6, 6.07) is 13.3. The number of thiazole rings is 1. The first-order valence-corrected chi connectivity index (χ1v) is 7.96. The third kappa shape index (κ3) is 3.40. The van der Waals surface area contributed by atoms with Gasteiger partial charge in [-0.05, 0) is 42.0 Å². The van der Waals surface area contributed by atoms with E-state index in [2.05, 4.69) is 10.3 Å². The number of amides is 1. The van der Waals surface area contributed by atoms with Crippen molar-refractivity contribution in [2.24, 2.45) is 0 Å². The van der Waals surface area contributed by atoms with Crippen LogP contribution in [0.1, 0.15) is 20.9 Å². The van der Waals surface area contributed by atoms with E-state index in [9.17, 15) is 4.79 Å². The zero-order valence-electron chi connectivity index (χ0n) is 12.9. The molecule has 0 aliphatic carbocycles. The minimum atomic E-state index is -0.0827. The first kappa shape index (κ1) is 15.2. The number of hydrogen-bond donors (Lipinski definition) is 1. The van der Waals surface area contributed by atoms with Gasteiger partial charge in [-0.1, -0.05) is 18.2 Å². The van der Waals surface area contributed by atoms with E-state index in [1.165, 1.54) is 0 Å². The molecule has 3 aromatic rings. The Kier molecular flexibility index (Phi) is 4.39. The molecule has 4 nitrogen and oxygen atoms in total. The summed E-state index contributed by atoms with van der Waals surface area (Å²) in [5.41, 5.74) is 2.64. The van der Waals surface area contributed by atoms with E-state index in [0.29, 0.717) is 5.56 Å². The summed E-state index contributed by atoms with van der Waals surface area (Å²) in [5, 5.41) is 3.54. The molecular weight excluding hydrogens is 308 g/mol. The molecule has 0 saturated heterocycles. The minimum Gasteiger partial charge on any atom is -0.497 e. The average Bonchev–Trinajstić information content (AvgIpc) is 3.01. The lowest BCUT2D eigenvalue weighted by Gasteiger charge is -1.99. The maximum Gasteiger partial charge on any atom is 0.251 e. The fourth-order valence-corrected chi connectivity index (χ4v) is 3.08. The molecule has 1 N–H and O–H groups in total. The standard InChI is InChI=1S/C18H16N2O2S/c1-19-18(21)13-6-3-12(4-7-13)5-10-17-20-15-9-8-14(22-2)11-16(15)23-17/h3-11H,1-2H3,(H,19,21)/b10-5+. The van der Waals surface area contributed by atoms with Crippen molar-refractivity contribution in [2.75, 3.05) is 14.2 Å². The smallest absolute Gasteiger partial charge is 0.251 e. The van der Waals surface area contributed by atoms with Crippen molar-refractivity contribution >= 4 is 39.6 Å². The van der Waals surface area contributed by atoms with Gasteiger partial charge >= 0.3 is 0 Å². The highest BCUT2D eigenvalue weighted by Gasteiger charge is 2.03. The SMILES string of the molecule is CNC(=O)c1ccc(/C=C/c2nc3ccc(OC)cc3s2)cc1. The van der Waals surface area contributed by atoms with Gasteiger partial charge in [0.2, 0.25) is 0 Å². The van der Waals surface area contributed by atoms with E-state index in [1.807, 2.05) is 54.6 Å². The molecule has 0 aliphatic heterocycles. The molecule has 1 heterocycles. The van der Waals surface area contributed by atoms with Gasteiger partial charge in [0.1, 0.15) is 10.8 Å². The second kappa shape index (κ2) is 6.62. The lowest BCUT2D eigenvalue weighted by atomic mass is 10.1. The monoisotopic (exact) mass is 324 g/mol. The number of nitrogens with zero attached hydrogens (tertiary/aromatic N) is 1. The number of ether oxygens (including phenoxy) is 1. The van der Waals surface area contributed by atoms with Crippen molar-refractivity contribution in [1.82, 2.24) is 10.3 Å². The first-order chi connectivity index (χ1) is 11.2. The number of benzene rings is 2. The predicted octanol–water partition coefficient (Wildman–Crippen LogP) is 3.83. The second-order valence-corrected chi connectivity index (χ2v) is 5.98. The summed E-state index contributed by atoms with van der Waals surface area (Å²) in [6.45, 7) is 0. The number of rotatable bonds is 4. The lowest BCUT2D eigenvalue weighted by Crippen LogP contribution is -2.17. The van der Waals surface area contributed by atoms with Gasteiger partial charge in [-0.15, -0.1) is 11.3 Å². The summed E-state index contributed by atoms with van der Waals surface area (Å²) >= 11 is 1.62. The first-order valence-electron chi connectivity index (χ1n) is 7.14. The fourth-order valence-electron chi connectivity index (χ4n) is 2.18. The Morgan fingerprint density at radius 3 is 2.65 bits per heavy atom. The summed E-state index contributed by atoms with van der Waals surface area (Å²) in [5.74, 6) is 0.752. The molecule has 0 aliphatic rings. The lowest BCUT2D eigenvalue weighted by molar-refractivity contribution is 0.0963. The van der Waals surface area contributed by atoms with Gasteiger partial charge in [-0.3, -0.25) is 4.79 Å². The van der Waals surface area contributed by atoms with Crippen LogP contribution in [-0.4, -0.2) is 25.0 Å². The Morgan fingerprint density at radius 2 is 1.96 bits per heavy atom. The van der Waals surface area contributed by atoms with Gasteiger partial charge in [0.15, 0.2) is 0 Å². The zero-order chi connectivity index (χ0) is 16.2. The van der Waals surface area contributed by atoms with Gasteiger partial charge in [-0.25, -0.2) is 4.98 Å². The Morgan fingerprint density at radius 1 is 1.17 bits per heavy atom. The van der Waals surface area contributed by atoms with Crippen LogP contribution in [0.3, 0.4) is 0 Å². The highest BCUT2D eigenvalue weighted by atomic mass is 32.1. The maximum absolute atomic E-state index is 11.5. The normalized spacial score (nSPS) is 11.0. The zero-order valence-corrected chi connectivity index (χ0v) is 13.7. The van der Waals surface area contributed by atoms with E-state index < -0.39 is 0 Å². The Balaban J connectivity index is 1.80. The number of aromatic nitrogens is 1. The van der Waals surface area contributed by atoms with Crippen molar-refractivity contribution in [1.29, 1.82) is 0 Å². The second-order valence-electron chi connectivity index (χ2n) is 4.92. The molecule has 0 spiro atoms.